The van der Waals surface area contributed by atoms with Crippen LogP contribution < -0.4 is 0 Å². The topological polar surface area (TPSA) is 3.24 Å². The predicted octanol–water partition coefficient (Wildman–Crippen LogP) is 4.83. The smallest absolute Gasteiger partial charge is 0.0451 e. The van der Waals surface area contributed by atoms with Gasteiger partial charge in [0.05, 0.1) is 0 Å². The van der Waals surface area contributed by atoms with Crippen LogP contribution in [0.25, 0.3) is 0 Å². The second-order valence-electron chi connectivity index (χ2n) is 6.01. The van der Waals surface area contributed by atoms with Crippen LogP contribution in [0.2, 0.25) is 5.02 Å². The average molecular weight is 333 g/mol. The summed E-state index contributed by atoms with van der Waals surface area (Å²) in [6.07, 6.45) is 0. The number of alkyl halides is 1. The Morgan fingerprint density at radius 3 is 2.39 bits per heavy atom. The number of halogens is 2. The van der Waals surface area contributed by atoms with Gasteiger partial charge in [0.15, 0.2) is 0 Å². The summed E-state index contributed by atoms with van der Waals surface area (Å²) in [7, 11) is 2.16. The first-order valence-corrected chi connectivity index (χ1v) is 7.82. The second-order valence-corrected chi connectivity index (χ2v) is 7.06. The van der Waals surface area contributed by atoms with Gasteiger partial charge in [-0.25, -0.2) is 0 Å². The van der Waals surface area contributed by atoms with E-state index in [0.29, 0.717) is 11.3 Å². The molecule has 0 spiro atoms. The molecule has 0 saturated carbocycles. The van der Waals surface area contributed by atoms with Gasteiger partial charge in [0.1, 0.15) is 0 Å². The largest absolute Gasteiger partial charge is 0.302 e. The van der Waals surface area contributed by atoms with Crippen molar-refractivity contribution in [3.63, 3.8) is 0 Å². The van der Waals surface area contributed by atoms with Crippen LogP contribution in [0, 0.1) is 11.3 Å². The lowest BCUT2D eigenvalue weighted by molar-refractivity contribution is 0.183. The molecule has 3 heteroatoms. The SMILES string of the molecule is CN(Cc1ccccc1Cl)CC(CBr)C(C)(C)C. The van der Waals surface area contributed by atoms with Crippen LogP contribution in [0.3, 0.4) is 0 Å². The van der Waals surface area contributed by atoms with Crippen molar-refractivity contribution in [3.8, 4) is 0 Å². The maximum atomic E-state index is 6.19. The van der Waals surface area contributed by atoms with E-state index in [0.717, 1.165) is 23.4 Å². The third-order valence-corrected chi connectivity index (χ3v) is 4.49. The Labute approximate surface area is 125 Å². The molecule has 0 radical (unpaired) electrons. The molecular weight excluding hydrogens is 310 g/mol. The Bertz CT molecular complexity index is 373. The highest BCUT2D eigenvalue weighted by Gasteiger charge is 2.24. The molecule has 18 heavy (non-hydrogen) atoms. The normalized spacial score (nSPS) is 13.9. The fourth-order valence-electron chi connectivity index (χ4n) is 1.91. The van der Waals surface area contributed by atoms with E-state index in [1.807, 2.05) is 18.2 Å². The van der Waals surface area contributed by atoms with Crippen molar-refractivity contribution in [1.29, 1.82) is 0 Å². The van der Waals surface area contributed by atoms with Crippen LogP contribution in [-0.2, 0) is 6.54 Å². The van der Waals surface area contributed by atoms with E-state index in [2.05, 4.69) is 54.7 Å². The molecule has 1 aromatic carbocycles. The van der Waals surface area contributed by atoms with Gasteiger partial charge in [-0.15, -0.1) is 0 Å². The Morgan fingerprint density at radius 2 is 1.89 bits per heavy atom. The first-order valence-electron chi connectivity index (χ1n) is 6.32. The molecule has 0 aromatic heterocycles. The van der Waals surface area contributed by atoms with Gasteiger partial charge in [-0.05, 0) is 30.0 Å². The van der Waals surface area contributed by atoms with Crippen LogP contribution in [0.5, 0.6) is 0 Å². The van der Waals surface area contributed by atoms with Crippen LogP contribution >= 0.6 is 27.5 Å². The van der Waals surface area contributed by atoms with E-state index in [9.17, 15) is 0 Å². The molecule has 1 nitrogen and oxygen atoms in total. The van der Waals surface area contributed by atoms with Crippen molar-refractivity contribution in [2.45, 2.75) is 27.3 Å². The van der Waals surface area contributed by atoms with Gasteiger partial charge >= 0.3 is 0 Å². The van der Waals surface area contributed by atoms with Gasteiger partial charge in [-0.1, -0.05) is 66.5 Å². The van der Waals surface area contributed by atoms with Gasteiger partial charge < -0.3 is 4.90 Å². The van der Waals surface area contributed by atoms with Crippen molar-refractivity contribution in [2.24, 2.45) is 11.3 Å². The highest BCUT2D eigenvalue weighted by atomic mass is 79.9. The van der Waals surface area contributed by atoms with E-state index in [-0.39, 0.29) is 0 Å². The molecule has 0 aliphatic heterocycles. The van der Waals surface area contributed by atoms with Crippen LogP contribution in [0.1, 0.15) is 26.3 Å². The first kappa shape index (κ1) is 16.0. The second kappa shape index (κ2) is 6.93. The van der Waals surface area contributed by atoms with Crippen LogP contribution in [0.15, 0.2) is 24.3 Å². The molecular formula is C15H23BrClN. The number of benzene rings is 1. The van der Waals surface area contributed by atoms with E-state index in [1.54, 1.807) is 0 Å². The summed E-state index contributed by atoms with van der Waals surface area (Å²) in [6.45, 7) is 8.85. The molecule has 0 heterocycles. The monoisotopic (exact) mass is 331 g/mol. The van der Waals surface area contributed by atoms with Crippen molar-refractivity contribution in [2.75, 3.05) is 18.9 Å². The van der Waals surface area contributed by atoms with E-state index >= 15 is 0 Å². The predicted molar refractivity (Wildman–Crippen MR) is 84.5 cm³/mol. The summed E-state index contributed by atoms with van der Waals surface area (Å²) < 4.78 is 0. The van der Waals surface area contributed by atoms with E-state index in [1.165, 1.54) is 5.56 Å². The molecule has 1 rings (SSSR count). The standard InChI is InChI=1S/C15H23BrClN/c1-15(2,3)13(9-16)11-18(4)10-12-7-5-6-8-14(12)17/h5-8,13H,9-11H2,1-4H3. The highest BCUT2D eigenvalue weighted by Crippen LogP contribution is 2.28. The molecule has 0 saturated heterocycles. The summed E-state index contributed by atoms with van der Waals surface area (Å²) in [4.78, 5) is 2.35. The molecule has 0 amide bonds. The van der Waals surface area contributed by atoms with Gasteiger partial charge in [0.25, 0.3) is 0 Å². The number of nitrogens with zero attached hydrogens (tertiary/aromatic N) is 1. The molecule has 0 aliphatic rings. The van der Waals surface area contributed by atoms with Crippen molar-refractivity contribution in [1.82, 2.24) is 4.90 Å². The van der Waals surface area contributed by atoms with Gasteiger partial charge in [0, 0.05) is 23.4 Å². The number of hydrogen-bond donors (Lipinski definition) is 0. The zero-order valence-electron chi connectivity index (χ0n) is 11.7. The van der Waals surface area contributed by atoms with Gasteiger partial charge in [-0.2, -0.15) is 0 Å². The summed E-state index contributed by atoms with van der Waals surface area (Å²) in [5.74, 6) is 0.630. The zero-order valence-corrected chi connectivity index (χ0v) is 14.1. The lowest BCUT2D eigenvalue weighted by Crippen LogP contribution is -2.34. The minimum Gasteiger partial charge on any atom is -0.302 e. The summed E-state index contributed by atoms with van der Waals surface area (Å²) in [5, 5.41) is 1.89. The lowest BCUT2D eigenvalue weighted by atomic mass is 9.82. The minimum atomic E-state index is 0.318. The van der Waals surface area contributed by atoms with Crippen molar-refractivity contribution in [3.05, 3.63) is 34.9 Å². The fourth-order valence-corrected chi connectivity index (χ4v) is 3.28. The number of rotatable bonds is 5. The number of hydrogen-bond acceptors (Lipinski definition) is 1. The molecule has 1 aromatic rings. The fraction of sp³-hybridized carbons (Fsp3) is 0.600. The highest BCUT2D eigenvalue weighted by molar-refractivity contribution is 9.09. The average Bonchev–Trinajstić information content (AvgIpc) is 2.27. The molecule has 0 bridgehead atoms. The quantitative estimate of drug-likeness (QED) is 0.698. The first-order chi connectivity index (χ1) is 8.34. The molecule has 0 N–H and O–H groups in total. The molecule has 102 valence electrons. The van der Waals surface area contributed by atoms with E-state index in [4.69, 9.17) is 11.6 Å². The third kappa shape index (κ3) is 4.91. The maximum Gasteiger partial charge on any atom is 0.0451 e. The molecule has 1 atom stereocenters. The molecule has 0 fully saturated rings. The van der Waals surface area contributed by atoms with Crippen LogP contribution in [0.4, 0.5) is 0 Å². The van der Waals surface area contributed by atoms with Crippen molar-refractivity contribution >= 4 is 27.5 Å². The zero-order chi connectivity index (χ0) is 13.8. The Kier molecular flexibility index (Phi) is 6.16. The summed E-state index contributed by atoms with van der Waals surface area (Å²) in [6, 6.07) is 8.07. The maximum absolute atomic E-state index is 6.19. The Morgan fingerprint density at radius 1 is 1.28 bits per heavy atom. The van der Waals surface area contributed by atoms with Gasteiger partial charge in [0.2, 0.25) is 0 Å². The lowest BCUT2D eigenvalue weighted by Gasteiger charge is -2.33. The third-order valence-electron chi connectivity index (χ3n) is 3.34. The minimum absolute atomic E-state index is 0.318. The van der Waals surface area contributed by atoms with Gasteiger partial charge in [-0.3, -0.25) is 0 Å². The van der Waals surface area contributed by atoms with E-state index < -0.39 is 0 Å². The Hall–Kier alpha value is -0.0500. The summed E-state index contributed by atoms with van der Waals surface area (Å²) >= 11 is 9.82. The molecule has 0 aliphatic carbocycles. The molecule has 1 unspecified atom stereocenters. The van der Waals surface area contributed by atoms with Crippen LogP contribution in [-0.4, -0.2) is 23.8 Å². The summed E-state index contributed by atoms with van der Waals surface area (Å²) in [5.41, 5.74) is 1.52. The Balaban J connectivity index is 2.61. The van der Waals surface area contributed by atoms with Crippen molar-refractivity contribution < 1.29 is 0 Å².